The van der Waals surface area contributed by atoms with Crippen LogP contribution in [0.2, 0.25) is 0 Å². The van der Waals surface area contributed by atoms with E-state index in [-0.39, 0.29) is 6.09 Å². The van der Waals surface area contributed by atoms with E-state index in [0.717, 1.165) is 37.3 Å². The Morgan fingerprint density at radius 2 is 1.63 bits per heavy atom. The Morgan fingerprint density at radius 1 is 1.00 bits per heavy atom. The van der Waals surface area contributed by atoms with Crippen LogP contribution in [0.3, 0.4) is 0 Å². The van der Waals surface area contributed by atoms with Gasteiger partial charge in [0.2, 0.25) is 0 Å². The van der Waals surface area contributed by atoms with Gasteiger partial charge in [0.05, 0.1) is 5.69 Å². The van der Waals surface area contributed by atoms with E-state index in [9.17, 15) is 4.79 Å². The number of hydrogen-bond acceptors (Lipinski definition) is 3. The first kappa shape index (κ1) is 18.9. The number of rotatable bonds is 6. The third-order valence-corrected chi connectivity index (χ3v) is 6.39. The Labute approximate surface area is 177 Å². The van der Waals surface area contributed by atoms with Crippen LogP contribution in [0.15, 0.2) is 66.7 Å². The molecule has 1 saturated carbocycles. The summed E-state index contributed by atoms with van der Waals surface area (Å²) in [5.74, 6) is 1.57. The van der Waals surface area contributed by atoms with Gasteiger partial charge in [-0.15, -0.1) is 0 Å². The molecule has 0 N–H and O–H groups in total. The van der Waals surface area contributed by atoms with Crippen molar-refractivity contribution < 1.29 is 9.53 Å². The van der Waals surface area contributed by atoms with Gasteiger partial charge in [-0.25, -0.2) is 4.79 Å². The summed E-state index contributed by atoms with van der Waals surface area (Å²) in [6, 6.07) is 22.6. The normalized spacial score (nSPS) is 22.0. The third-order valence-electron chi connectivity index (χ3n) is 6.39. The predicted molar refractivity (Wildman–Crippen MR) is 115 cm³/mol. The van der Waals surface area contributed by atoms with Crippen LogP contribution >= 0.6 is 0 Å². The van der Waals surface area contributed by atoms with Crippen molar-refractivity contribution in [3.8, 4) is 0 Å². The molecule has 154 valence electrons. The molecule has 1 aliphatic carbocycles. The van der Waals surface area contributed by atoms with Crippen molar-refractivity contribution >= 4 is 6.09 Å². The Bertz CT molecular complexity index is 1000. The highest BCUT2D eigenvalue weighted by molar-refractivity contribution is 5.68. The van der Waals surface area contributed by atoms with Gasteiger partial charge >= 0.3 is 6.09 Å². The Hall–Kier alpha value is -3.08. The van der Waals surface area contributed by atoms with Gasteiger partial charge in [-0.05, 0) is 36.0 Å². The number of aryl methyl sites for hydroxylation is 1. The van der Waals surface area contributed by atoms with E-state index in [0.29, 0.717) is 24.4 Å². The van der Waals surface area contributed by atoms with Gasteiger partial charge in [-0.3, -0.25) is 4.68 Å². The van der Waals surface area contributed by atoms with E-state index in [4.69, 9.17) is 9.84 Å². The number of likely N-dealkylation sites (tertiary alicyclic amines) is 1. The molecule has 3 atom stereocenters. The first-order valence-electron chi connectivity index (χ1n) is 10.8. The molecule has 2 heterocycles. The van der Waals surface area contributed by atoms with Crippen LogP contribution in [-0.2, 0) is 24.3 Å². The smallest absolute Gasteiger partial charge is 0.410 e. The molecule has 2 aromatic carbocycles. The summed E-state index contributed by atoms with van der Waals surface area (Å²) in [4.78, 5) is 14.3. The lowest BCUT2D eigenvalue weighted by Crippen LogP contribution is -2.32. The minimum absolute atomic E-state index is 0.196. The molecule has 0 bridgehead atoms. The lowest BCUT2D eigenvalue weighted by atomic mass is 10.1. The second kappa shape index (κ2) is 7.98. The summed E-state index contributed by atoms with van der Waals surface area (Å²) < 4.78 is 7.66. The molecule has 3 aromatic rings. The van der Waals surface area contributed by atoms with Gasteiger partial charge < -0.3 is 9.64 Å². The molecular weight excluding hydrogens is 374 g/mol. The predicted octanol–water partition coefficient (Wildman–Crippen LogP) is 4.48. The highest BCUT2D eigenvalue weighted by atomic mass is 16.6. The van der Waals surface area contributed by atoms with Crippen molar-refractivity contribution in [1.82, 2.24) is 14.7 Å². The zero-order valence-electron chi connectivity index (χ0n) is 17.3. The summed E-state index contributed by atoms with van der Waals surface area (Å²) in [5.41, 5.74) is 4.76. The molecule has 1 aliphatic heterocycles. The molecular formula is C25H27N3O2. The number of fused-ring (bicyclic) bond motifs is 1. The Kier molecular flexibility index (Phi) is 5.03. The van der Waals surface area contributed by atoms with Crippen molar-refractivity contribution in [3.05, 3.63) is 89.2 Å². The fraction of sp³-hybridized carbons (Fsp3) is 0.360. The monoisotopic (exact) mass is 401 g/mol. The first-order valence-corrected chi connectivity index (χ1v) is 10.8. The lowest BCUT2D eigenvalue weighted by Gasteiger charge is -2.19. The number of carbonyl (C=O) groups is 1. The highest BCUT2D eigenvalue weighted by Gasteiger charge is 2.58. The summed E-state index contributed by atoms with van der Waals surface area (Å²) in [7, 11) is 0. The van der Waals surface area contributed by atoms with E-state index in [1.54, 1.807) is 0 Å². The van der Waals surface area contributed by atoms with Crippen molar-refractivity contribution in [2.45, 2.75) is 32.4 Å². The zero-order chi connectivity index (χ0) is 20.5. The highest BCUT2D eigenvalue weighted by Crippen LogP contribution is 2.58. The molecule has 0 spiro atoms. The molecule has 5 heteroatoms. The number of piperidine rings is 1. The third kappa shape index (κ3) is 3.72. The SMILES string of the molecule is CCn1nc(Cc2ccccc2)cc1[C@H]1[C@@H]2CN(C(=O)OCc3ccccc3)C[C@@H]21. The summed E-state index contributed by atoms with van der Waals surface area (Å²) >= 11 is 0. The Morgan fingerprint density at radius 3 is 2.27 bits per heavy atom. The van der Waals surface area contributed by atoms with Crippen LogP contribution in [0.25, 0.3) is 0 Å². The van der Waals surface area contributed by atoms with Crippen LogP contribution in [0, 0.1) is 11.8 Å². The number of nitrogens with zero attached hydrogens (tertiary/aromatic N) is 3. The van der Waals surface area contributed by atoms with Crippen molar-refractivity contribution in [1.29, 1.82) is 0 Å². The fourth-order valence-corrected chi connectivity index (χ4v) is 4.82. The molecule has 5 rings (SSSR count). The number of ether oxygens (including phenoxy) is 1. The van der Waals surface area contributed by atoms with Gasteiger partial charge in [-0.1, -0.05) is 60.7 Å². The molecule has 5 nitrogen and oxygen atoms in total. The van der Waals surface area contributed by atoms with Gasteiger partial charge in [0, 0.05) is 37.7 Å². The number of hydrogen-bond donors (Lipinski definition) is 0. The van der Waals surface area contributed by atoms with Gasteiger partial charge in [0.25, 0.3) is 0 Å². The maximum Gasteiger partial charge on any atom is 0.410 e. The van der Waals surface area contributed by atoms with Gasteiger partial charge in [-0.2, -0.15) is 5.10 Å². The molecule has 2 fully saturated rings. The molecule has 0 radical (unpaired) electrons. The average Bonchev–Trinajstić information content (AvgIpc) is 3.11. The van der Waals surface area contributed by atoms with Crippen LogP contribution in [-0.4, -0.2) is 33.9 Å². The molecule has 1 saturated heterocycles. The number of aromatic nitrogens is 2. The van der Waals surface area contributed by atoms with Crippen molar-refractivity contribution in [3.63, 3.8) is 0 Å². The minimum atomic E-state index is -0.196. The fourth-order valence-electron chi connectivity index (χ4n) is 4.82. The molecule has 0 unspecified atom stereocenters. The maximum absolute atomic E-state index is 12.4. The van der Waals surface area contributed by atoms with Crippen molar-refractivity contribution in [2.75, 3.05) is 13.1 Å². The topological polar surface area (TPSA) is 47.4 Å². The van der Waals surface area contributed by atoms with Crippen LogP contribution in [0.1, 0.15) is 35.4 Å². The quantitative estimate of drug-likeness (QED) is 0.612. The van der Waals surface area contributed by atoms with E-state index in [1.807, 2.05) is 41.3 Å². The van der Waals surface area contributed by atoms with Crippen LogP contribution < -0.4 is 0 Å². The summed E-state index contributed by atoms with van der Waals surface area (Å²) in [6.07, 6.45) is 0.666. The van der Waals surface area contributed by atoms with E-state index >= 15 is 0 Å². The summed E-state index contributed by atoms with van der Waals surface area (Å²) in [6.45, 7) is 4.93. The van der Waals surface area contributed by atoms with E-state index < -0.39 is 0 Å². The lowest BCUT2D eigenvalue weighted by molar-refractivity contribution is 0.0997. The van der Waals surface area contributed by atoms with E-state index in [2.05, 4.69) is 41.9 Å². The van der Waals surface area contributed by atoms with E-state index in [1.165, 1.54) is 11.3 Å². The van der Waals surface area contributed by atoms with Gasteiger partial charge in [0.1, 0.15) is 6.61 Å². The second-order valence-corrected chi connectivity index (χ2v) is 8.34. The van der Waals surface area contributed by atoms with Crippen LogP contribution in [0.5, 0.6) is 0 Å². The van der Waals surface area contributed by atoms with Crippen LogP contribution in [0.4, 0.5) is 4.79 Å². The Balaban J connectivity index is 1.19. The number of carbonyl (C=O) groups excluding carboxylic acids is 1. The molecule has 1 aromatic heterocycles. The number of benzene rings is 2. The standard InChI is InChI=1S/C25H27N3O2/c1-2-28-23(14-20(26-28)13-18-9-5-3-6-10-18)24-21-15-27(16-22(21)24)25(29)30-17-19-11-7-4-8-12-19/h3-12,14,21-22,24H,2,13,15-17H2,1H3/t21-,22+,24+. The average molecular weight is 402 g/mol. The maximum atomic E-state index is 12.4. The van der Waals surface area contributed by atoms with Crippen molar-refractivity contribution in [2.24, 2.45) is 11.8 Å². The number of amides is 1. The molecule has 2 aliphatic rings. The molecule has 30 heavy (non-hydrogen) atoms. The molecule has 1 amide bonds. The zero-order valence-corrected chi connectivity index (χ0v) is 17.3. The first-order chi connectivity index (χ1) is 14.7. The largest absolute Gasteiger partial charge is 0.445 e. The minimum Gasteiger partial charge on any atom is -0.445 e. The second-order valence-electron chi connectivity index (χ2n) is 8.34. The summed E-state index contributed by atoms with van der Waals surface area (Å²) in [5, 5.41) is 4.84. The van der Waals surface area contributed by atoms with Gasteiger partial charge in [0.15, 0.2) is 0 Å².